The summed E-state index contributed by atoms with van der Waals surface area (Å²) in [6, 6.07) is 4.86. The topological polar surface area (TPSA) is 73.9 Å². The van der Waals surface area contributed by atoms with Gasteiger partial charge in [0.1, 0.15) is 16.9 Å². The lowest BCUT2D eigenvalue weighted by molar-refractivity contribution is -0.137. The van der Waals surface area contributed by atoms with Crippen molar-refractivity contribution in [2.24, 2.45) is 5.92 Å². The number of esters is 1. The number of benzene rings is 1. The number of carbonyl (C=O) groups excluding carboxylic acids is 2. The Balaban J connectivity index is 3.06. The zero-order valence-electron chi connectivity index (χ0n) is 15.3. The number of carbonyl (C=O) groups is 2. The summed E-state index contributed by atoms with van der Waals surface area (Å²) in [6.45, 7) is 8.05. The second kappa shape index (κ2) is 8.68. The number of rotatable bonds is 8. The smallest absolute Gasteiger partial charge is 0.341 e. The van der Waals surface area contributed by atoms with Crippen molar-refractivity contribution < 1.29 is 23.8 Å². The molecule has 0 unspecified atom stereocenters. The van der Waals surface area contributed by atoms with Gasteiger partial charge in [0.2, 0.25) is 0 Å². The molecule has 24 heavy (non-hydrogen) atoms. The first-order chi connectivity index (χ1) is 11.3. The molecular weight excluding hydrogens is 310 g/mol. The molecule has 0 spiro atoms. The number of amides is 1. The Labute approximate surface area is 143 Å². The van der Waals surface area contributed by atoms with Crippen molar-refractivity contribution >= 4 is 17.6 Å². The molecule has 134 valence electrons. The molecule has 1 amide bonds. The van der Waals surface area contributed by atoms with Crippen LogP contribution in [-0.2, 0) is 14.3 Å². The maximum absolute atomic E-state index is 12.6. The molecular formula is C18H27NO5. The number of hydrogen-bond donors (Lipinski definition) is 1. The minimum absolute atomic E-state index is 0.264. The Hall–Kier alpha value is -2.08. The quantitative estimate of drug-likeness (QED) is 0.737. The van der Waals surface area contributed by atoms with Crippen molar-refractivity contribution in [2.45, 2.75) is 39.7 Å². The van der Waals surface area contributed by atoms with E-state index in [4.69, 9.17) is 14.2 Å². The van der Waals surface area contributed by atoms with E-state index in [-0.39, 0.29) is 11.5 Å². The number of hydrogen-bond acceptors (Lipinski definition) is 5. The van der Waals surface area contributed by atoms with E-state index in [0.717, 1.165) is 0 Å². The lowest BCUT2D eigenvalue weighted by Gasteiger charge is -2.28. The predicted octanol–water partition coefficient (Wildman–Crippen LogP) is 3.26. The Morgan fingerprint density at radius 1 is 1.25 bits per heavy atom. The molecule has 0 saturated heterocycles. The van der Waals surface area contributed by atoms with Crippen LogP contribution in [0.3, 0.4) is 0 Å². The van der Waals surface area contributed by atoms with E-state index in [1.54, 1.807) is 25.1 Å². The maximum atomic E-state index is 12.6. The SMILES string of the molecule is CCOc1ccc(NC(=O)[C@@](C)(CC(C)C)OC)cc1C(=O)OC. The summed E-state index contributed by atoms with van der Waals surface area (Å²) < 4.78 is 15.6. The molecule has 6 heteroatoms. The fourth-order valence-corrected chi connectivity index (χ4v) is 2.47. The average molecular weight is 337 g/mol. The number of anilines is 1. The fourth-order valence-electron chi connectivity index (χ4n) is 2.47. The van der Waals surface area contributed by atoms with Gasteiger partial charge < -0.3 is 19.5 Å². The molecule has 0 saturated carbocycles. The summed E-state index contributed by atoms with van der Waals surface area (Å²) in [5, 5.41) is 2.80. The molecule has 1 N–H and O–H groups in total. The van der Waals surface area contributed by atoms with Crippen molar-refractivity contribution in [3.05, 3.63) is 23.8 Å². The molecule has 0 radical (unpaired) electrons. The second-order valence-corrected chi connectivity index (χ2v) is 6.12. The average Bonchev–Trinajstić information content (AvgIpc) is 2.54. The third kappa shape index (κ3) is 4.96. The zero-order valence-corrected chi connectivity index (χ0v) is 15.3. The number of ether oxygens (including phenoxy) is 3. The molecule has 0 fully saturated rings. The molecule has 1 aromatic rings. The summed E-state index contributed by atoms with van der Waals surface area (Å²) in [4.78, 5) is 24.5. The van der Waals surface area contributed by atoms with Crippen LogP contribution in [0.2, 0.25) is 0 Å². The van der Waals surface area contributed by atoms with Crippen molar-refractivity contribution in [2.75, 3.05) is 26.1 Å². The lowest BCUT2D eigenvalue weighted by atomic mass is 9.93. The van der Waals surface area contributed by atoms with Gasteiger partial charge in [-0.05, 0) is 44.4 Å². The molecule has 0 aromatic heterocycles. The van der Waals surface area contributed by atoms with Gasteiger partial charge >= 0.3 is 5.97 Å². The first-order valence-corrected chi connectivity index (χ1v) is 7.99. The van der Waals surface area contributed by atoms with Gasteiger partial charge in [0, 0.05) is 12.8 Å². The van der Waals surface area contributed by atoms with Crippen LogP contribution < -0.4 is 10.1 Å². The van der Waals surface area contributed by atoms with Crippen LogP contribution in [0.15, 0.2) is 18.2 Å². The van der Waals surface area contributed by atoms with Gasteiger partial charge in [0.15, 0.2) is 0 Å². The fraction of sp³-hybridized carbons (Fsp3) is 0.556. The van der Waals surface area contributed by atoms with Crippen LogP contribution in [0.25, 0.3) is 0 Å². The van der Waals surface area contributed by atoms with E-state index in [1.807, 2.05) is 20.8 Å². The molecule has 0 bridgehead atoms. The lowest BCUT2D eigenvalue weighted by Crippen LogP contribution is -2.43. The van der Waals surface area contributed by atoms with Gasteiger partial charge in [-0.25, -0.2) is 4.79 Å². The highest BCUT2D eigenvalue weighted by Gasteiger charge is 2.34. The van der Waals surface area contributed by atoms with Crippen LogP contribution in [-0.4, -0.2) is 38.3 Å². The largest absolute Gasteiger partial charge is 0.493 e. The van der Waals surface area contributed by atoms with Crippen LogP contribution in [0.5, 0.6) is 5.75 Å². The molecule has 6 nitrogen and oxygen atoms in total. The Morgan fingerprint density at radius 3 is 2.42 bits per heavy atom. The summed E-state index contributed by atoms with van der Waals surface area (Å²) in [7, 11) is 2.81. The highest BCUT2D eigenvalue weighted by atomic mass is 16.5. The van der Waals surface area contributed by atoms with Gasteiger partial charge in [0.05, 0.1) is 13.7 Å². The Bertz CT molecular complexity index is 585. The molecule has 1 rings (SSSR count). The van der Waals surface area contributed by atoms with Crippen LogP contribution in [0.4, 0.5) is 5.69 Å². The third-order valence-corrected chi connectivity index (χ3v) is 3.67. The summed E-state index contributed by atoms with van der Waals surface area (Å²) in [5.74, 6) is -0.0735. The van der Waals surface area contributed by atoms with Crippen LogP contribution in [0, 0.1) is 5.92 Å². The van der Waals surface area contributed by atoms with Crippen molar-refractivity contribution in [1.82, 2.24) is 0 Å². The molecule has 1 atom stereocenters. The highest BCUT2D eigenvalue weighted by Crippen LogP contribution is 2.26. The summed E-state index contributed by atoms with van der Waals surface area (Å²) in [5.41, 5.74) is -0.200. The monoisotopic (exact) mass is 337 g/mol. The van der Waals surface area contributed by atoms with E-state index in [0.29, 0.717) is 30.4 Å². The molecule has 1 aromatic carbocycles. The van der Waals surface area contributed by atoms with Crippen LogP contribution >= 0.6 is 0 Å². The van der Waals surface area contributed by atoms with Crippen molar-refractivity contribution in [3.63, 3.8) is 0 Å². The van der Waals surface area contributed by atoms with Gasteiger partial charge in [-0.1, -0.05) is 13.8 Å². The zero-order chi connectivity index (χ0) is 18.3. The Morgan fingerprint density at radius 2 is 1.92 bits per heavy atom. The van der Waals surface area contributed by atoms with Gasteiger partial charge in [-0.3, -0.25) is 4.79 Å². The van der Waals surface area contributed by atoms with Gasteiger partial charge in [-0.2, -0.15) is 0 Å². The summed E-state index contributed by atoms with van der Waals surface area (Å²) >= 11 is 0. The summed E-state index contributed by atoms with van der Waals surface area (Å²) in [6.07, 6.45) is 0.580. The molecule has 0 aliphatic rings. The predicted molar refractivity (Wildman–Crippen MR) is 92.4 cm³/mol. The highest BCUT2D eigenvalue weighted by molar-refractivity contribution is 5.99. The second-order valence-electron chi connectivity index (χ2n) is 6.12. The van der Waals surface area contributed by atoms with Crippen molar-refractivity contribution in [3.8, 4) is 5.75 Å². The van der Waals surface area contributed by atoms with E-state index in [1.165, 1.54) is 14.2 Å². The van der Waals surface area contributed by atoms with E-state index >= 15 is 0 Å². The number of methoxy groups -OCH3 is 2. The molecule has 0 heterocycles. The third-order valence-electron chi connectivity index (χ3n) is 3.67. The maximum Gasteiger partial charge on any atom is 0.341 e. The van der Waals surface area contributed by atoms with Gasteiger partial charge in [0.25, 0.3) is 5.91 Å². The Kier molecular flexibility index (Phi) is 7.22. The van der Waals surface area contributed by atoms with E-state index in [2.05, 4.69) is 5.32 Å². The van der Waals surface area contributed by atoms with E-state index in [9.17, 15) is 9.59 Å². The normalized spacial score (nSPS) is 13.3. The molecule has 0 aliphatic carbocycles. The van der Waals surface area contributed by atoms with Crippen molar-refractivity contribution in [1.29, 1.82) is 0 Å². The van der Waals surface area contributed by atoms with Crippen LogP contribution in [0.1, 0.15) is 44.5 Å². The minimum Gasteiger partial charge on any atom is -0.493 e. The molecule has 0 aliphatic heterocycles. The van der Waals surface area contributed by atoms with E-state index < -0.39 is 11.6 Å². The minimum atomic E-state index is -0.946. The standard InChI is InChI=1S/C18H27NO5/c1-7-24-15-9-8-13(10-14(15)16(20)22-5)19-17(21)18(4,23-6)11-12(2)3/h8-10,12H,7,11H2,1-6H3,(H,19,21)/t18-/m1/s1. The first-order valence-electron chi connectivity index (χ1n) is 7.99. The van der Waals surface area contributed by atoms with Gasteiger partial charge in [-0.15, -0.1) is 0 Å². The number of nitrogens with one attached hydrogen (secondary N) is 1. The first kappa shape index (κ1) is 20.0.